The van der Waals surface area contributed by atoms with Crippen LogP contribution in [0.1, 0.15) is 45.8 Å². The number of pyridine rings is 1. The molecule has 0 spiro atoms. The molecule has 1 aromatic heterocycles. The molecule has 4 nitrogen and oxygen atoms in total. The first-order valence-corrected chi connectivity index (χ1v) is 7.98. The highest BCUT2D eigenvalue weighted by atomic mass is 16.2. The van der Waals surface area contributed by atoms with Gasteiger partial charge in [0.25, 0.3) is 5.91 Å². The van der Waals surface area contributed by atoms with Gasteiger partial charge in [0.15, 0.2) is 5.78 Å². The maximum atomic E-state index is 12.7. The highest BCUT2D eigenvalue weighted by Gasteiger charge is 2.31. The van der Waals surface area contributed by atoms with Crippen LogP contribution in [0, 0.1) is 6.92 Å². The summed E-state index contributed by atoms with van der Waals surface area (Å²) in [6, 6.07) is 14.7. The van der Waals surface area contributed by atoms with Crippen molar-refractivity contribution in [1.82, 2.24) is 9.88 Å². The van der Waals surface area contributed by atoms with Crippen LogP contribution in [0.2, 0.25) is 0 Å². The van der Waals surface area contributed by atoms with Crippen LogP contribution < -0.4 is 0 Å². The number of carbonyl (C=O) groups is 2. The summed E-state index contributed by atoms with van der Waals surface area (Å²) < 4.78 is 0. The Bertz CT molecular complexity index is 712. The summed E-state index contributed by atoms with van der Waals surface area (Å²) >= 11 is 0. The maximum absolute atomic E-state index is 12.7. The quantitative estimate of drug-likeness (QED) is 0.815. The second-order valence-electron chi connectivity index (χ2n) is 5.95. The number of benzene rings is 1. The molecule has 3 rings (SSSR count). The van der Waals surface area contributed by atoms with Crippen LogP contribution >= 0.6 is 0 Å². The molecule has 1 saturated heterocycles. The van der Waals surface area contributed by atoms with Gasteiger partial charge in [-0.3, -0.25) is 9.59 Å². The van der Waals surface area contributed by atoms with E-state index < -0.39 is 0 Å². The van der Waals surface area contributed by atoms with E-state index in [2.05, 4.69) is 4.98 Å². The number of amides is 1. The molecular formula is C19H20N2O2. The largest absolute Gasteiger partial charge is 0.334 e. The molecule has 118 valence electrons. The Morgan fingerprint density at radius 2 is 1.91 bits per heavy atom. The molecule has 23 heavy (non-hydrogen) atoms. The van der Waals surface area contributed by atoms with Gasteiger partial charge in [0, 0.05) is 30.3 Å². The molecule has 0 bridgehead atoms. The predicted octanol–water partition coefficient (Wildman–Crippen LogP) is 3.27. The van der Waals surface area contributed by atoms with Gasteiger partial charge < -0.3 is 4.90 Å². The van der Waals surface area contributed by atoms with E-state index in [-0.39, 0.29) is 17.7 Å². The van der Waals surface area contributed by atoms with Crippen LogP contribution in [-0.2, 0) is 0 Å². The Kier molecular flexibility index (Phi) is 4.51. The van der Waals surface area contributed by atoms with Gasteiger partial charge in [-0.2, -0.15) is 0 Å². The zero-order chi connectivity index (χ0) is 16.2. The molecule has 1 atom stereocenters. The van der Waals surface area contributed by atoms with Gasteiger partial charge in [-0.05, 0) is 31.9 Å². The summed E-state index contributed by atoms with van der Waals surface area (Å²) in [6.45, 7) is 2.57. The van der Waals surface area contributed by atoms with Crippen molar-refractivity contribution in [1.29, 1.82) is 0 Å². The minimum absolute atomic E-state index is 0.0301. The van der Waals surface area contributed by atoms with Crippen molar-refractivity contribution in [2.75, 3.05) is 6.54 Å². The molecule has 2 heterocycles. The van der Waals surface area contributed by atoms with Crippen LogP contribution in [0.4, 0.5) is 0 Å². The van der Waals surface area contributed by atoms with E-state index in [9.17, 15) is 9.59 Å². The van der Waals surface area contributed by atoms with Gasteiger partial charge in [-0.25, -0.2) is 4.98 Å². The van der Waals surface area contributed by atoms with Crippen LogP contribution in [0.3, 0.4) is 0 Å². The zero-order valence-electron chi connectivity index (χ0n) is 13.2. The second-order valence-corrected chi connectivity index (χ2v) is 5.95. The van der Waals surface area contributed by atoms with E-state index in [0.29, 0.717) is 24.2 Å². The number of rotatable bonds is 4. The van der Waals surface area contributed by atoms with Crippen molar-refractivity contribution in [3.05, 3.63) is 65.5 Å². The van der Waals surface area contributed by atoms with Crippen LogP contribution in [0.15, 0.2) is 48.5 Å². The molecular weight excluding hydrogens is 288 g/mol. The minimum Gasteiger partial charge on any atom is -0.334 e. The first-order valence-electron chi connectivity index (χ1n) is 7.98. The smallest absolute Gasteiger partial charge is 0.272 e. The molecule has 4 heteroatoms. The van der Waals surface area contributed by atoms with Crippen LogP contribution in [-0.4, -0.2) is 34.2 Å². The molecule has 1 aliphatic rings. The summed E-state index contributed by atoms with van der Waals surface area (Å²) in [5.74, 6) is 0.0181. The van der Waals surface area contributed by atoms with Crippen molar-refractivity contribution in [3.8, 4) is 0 Å². The highest BCUT2D eigenvalue weighted by molar-refractivity contribution is 5.97. The topological polar surface area (TPSA) is 50.3 Å². The third kappa shape index (κ3) is 3.47. The number of carbonyl (C=O) groups excluding carboxylic acids is 2. The fourth-order valence-corrected chi connectivity index (χ4v) is 3.08. The molecule has 0 N–H and O–H groups in total. The fourth-order valence-electron chi connectivity index (χ4n) is 3.08. The number of aryl methyl sites for hydroxylation is 1. The van der Waals surface area contributed by atoms with E-state index in [1.807, 2.05) is 54.3 Å². The number of Topliss-reactive ketones (excluding diaryl/α,β-unsaturated/α-hetero) is 1. The van der Waals surface area contributed by atoms with Gasteiger partial charge in [0.1, 0.15) is 5.69 Å². The van der Waals surface area contributed by atoms with Crippen LogP contribution in [0.25, 0.3) is 0 Å². The Morgan fingerprint density at radius 3 is 2.65 bits per heavy atom. The lowest BCUT2D eigenvalue weighted by Crippen LogP contribution is -2.37. The monoisotopic (exact) mass is 308 g/mol. The average Bonchev–Trinajstić information content (AvgIpc) is 3.03. The lowest BCUT2D eigenvalue weighted by Gasteiger charge is -2.24. The molecule has 2 aromatic rings. The molecule has 1 aromatic carbocycles. The Hall–Kier alpha value is -2.49. The molecule has 1 amide bonds. The third-order valence-corrected chi connectivity index (χ3v) is 4.26. The Labute approximate surface area is 136 Å². The van der Waals surface area contributed by atoms with Crippen LogP contribution in [0.5, 0.6) is 0 Å². The molecule has 1 fully saturated rings. The van der Waals surface area contributed by atoms with Gasteiger partial charge in [0.2, 0.25) is 0 Å². The van der Waals surface area contributed by atoms with E-state index >= 15 is 0 Å². The van der Waals surface area contributed by atoms with Gasteiger partial charge in [-0.1, -0.05) is 36.4 Å². The van der Waals surface area contributed by atoms with Crippen molar-refractivity contribution in [3.63, 3.8) is 0 Å². The van der Waals surface area contributed by atoms with Crippen molar-refractivity contribution >= 4 is 11.7 Å². The lowest BCUT2D eigenvalue weighted by atomic mass is 10.0. The van der Waals surface area contributed by atoms with Crippen molar-refractivity contribution in [2.24, 2.45) is 0 Å². The number of hydrogen-bond acceptors (Lipinski definition) is 3. The van der Waals surface area contributed by atoms with Gasteiger partial charge in [-0.15, -0.1) is 0 Å². The number of hydrogen-bond donors (Lipinski definition) is 0. The normalized spacial score (nSPS) is 17.3. The summed E-state index contributed by atoms with van der Waals surface area (Å²) in [4.78, 5) is 31.2. The average molecular weight is 308 g/mol. The Balaban J connectivity index is 1.73. The highest BCUT2D eigenvalue weighted by Crippen LogP contribution is 2.23. The first kappa shape index (κ1) is 15.4. The first-order chi connectivity index (χ1) is 11.1. The Morgan fingerprint density at radius 1 is 1.13 bits per heavy atom. The van der Waals surface area contributed by atoms with E-state index in [0.717, 1.165) is 18.5 Å². The predicted molar refractivity (Wildman–Crippen MR) is 88.4 cm³/mol. The molecule has 0 saturated carbocycles. The number of likely N-dealkylation sites (tertiary alicyclic amines) is 1. The minimum atomic E-state index is -0.0722. The fraction of sp³-hybridized carbons (Fsp3) is 0.316. The van der Waals surface area contributed by atoms with Crippen molar-refractivity contribution in [2.45, 2.75) is 32.2 Å². The summed E-state index contributed by atoms with van der Waals surface area (Å²) in [5, 5.41) is 0. The maximum Gasteiger partial charge on any atom is 0.272 e. The van der Waals surface area contributed by atoms with Gasteiger partial charge >= 0.3 is 0 Å². The standard InChI is InChI=1S/C19H20N2O2/c1-14-7-5-11-17(20-14)19(23)21-12-6-10-16(21)13-18(22)15-8-3-2-4-9-15/h2-5,7-9,11,16H,6,10,12-13H2,1H3/t16-/m0/s1. The molecule has 0 aliphatic carbocycles. The lowest BCUT2D eigenvalue weighted by molar-refractivity contribution is 0.0711. The van der Waals surface area contributed by atoms with Crippen molar-refractivity contribution < 1.29 is 9.59 Å². The second kappa shape index (κ2) is 6.73. The van der Waals surface area contributed by atoms with E-state index in [1.54, 1.807) is 6.07 Å². The molecule has 0 radical (unpaired) electrons. The number of nitrogens with zero attached hydrogens (tertiary/aromatic N) is 2. The summed E-state index contributed by atoms with van der Waals surface area (Å²) in [6.07, 6.45) is 2.18. The SMILES string of the molecule is Cc1cccc(C(=O)N2CCC[C@H]2CC(=O)c2ccccc2)n1. The molecule has 0 unspecified atom stereocenters. The number of ketones is 1. The third-order valence-electron chi connectivity index (χ3n) is 4.26. The van der Waals surface area contributed by atoms with E-state index in [1.165, 1.54) is 0 Å². The van der Waals surface area contributed by atoms with Gasteiger partial charge in [0.05, 0.1) is 0 Å². The van der Waals surface area contributed by atoms with E-state index in [4.69, 9.17) is 0 Å². The summed E-state index contributed by atoms with van der Waals surface area (Å²) in [5.41, 5.74) is 2.00. The number of aromatic nitrogens is 1. The molecule has 1 aliphatic heterocycles. The zero-order valence-corrected chi connectivity index (χ0v) is 13.2. The summed E-state index contributed by atoms with van der Waals surface area (Å²) in [7, 11) is 0.